The zero-order valence-corrected chi connectivity index (χ0v) is 15.4. The Bertz CT molecular complexity index is 1030. The van der Waals surface area contributed by atoms with E-state index in [0.29, 0.717) is 28.9 Å². The first-order valence-corrected chi connectivity index (χ1v) is 9.53. The first kappa shape index (κ1) is 17.1. The van der Waals surface area contributed by atoms with E-state index in [0.717, 1.165) is 31.4 Å². The Morgan fingerprint density at radius 2 is 2.11 bits per heavy atom. The predicted octanol–water partition coefficient (Wildman–Crippen LogP) is 3.37. The second-order valence-electron chi connectivity index (χ2n) is 7.61. The Morgan fingerprint density at radius 1 is 1.29 bits per heavy atom. The molecule has 2 aliphatic rings. The van der Waals surface area contributed by atoms with Gasteiger partial charge in [-0.1, -0.05) is 17.3 Å². The van der Waals surface area contributed by atoms with Gasteiger partial charge in [0.2, 0.25) is 11.7 Å². The van der Waals surface area contributed by atoms with Crippen LogP contribution >= 0.6 is 0 Å². The SMILES string of the molecule is Cn1nc(C2CC2)cc1C(=O)N[C@H](c1nc(-c2cccc(F)c2)no1)C1CC1. The summed E-state index contributed by atoms with van der Waals surface area (Å²) in [5, 5.41) is 11.5. The Hall–Kier alpha value is -3.03. The van der Waals surface area contributed by atoms with Gasteiger partial charge in [-0.3, -0.25) is 9.48 Å². The van der Waals surface area contributed by atoms with Gasteiger partial charge in [0.05, 0.1) is 5.69 Å². The zero-order chi connectivity index (χ0) is 19.3. The van der Waals surface area contributed by atoms with Crippen molar-refractivity contribution in [1.29, 1.82) is 0 Å². The number of hydrogen-bond acceptors (Lipinski definition) is 5. The molecule has 144 valence electrons. The molecule has 2 aliphatic carbocycles. The van der Waals surface area contributed by atoms with Crippen LogP contribution in [0.15, 0.2) is 34.9 Å². The van der Waals surface area contributed by atoms with Gasteiger partial charge in [0.15, 0.2) is 0 Å². The van der Waals surface area contributed by atoms with Gasteiger partial charge in [-0.25, -0.2) is 4.39 Å². The van der Waals surface area contributed by atoms with E-state index < -0.39 is 0 Å². The topological polar surface area (TPSA) is 85.8 Å². The highest BCUT2D eigenvalue weighted by atomic mass is 19.1. The molecule has 0 aliphatic heterocycles. The molecule has 0 radical (unpaired) electrons. The van der Waals surface area contributed by atoms with Crippen molar-refractivity contribution in [3.05, 3.63) is 53.4 Å². The van der Waals surface area contributed by atoms with E-state index in [4.69, 9.17) is 4.52 Å². The highest BCUT2D eigenvalue weighted by Gasteiger charge is 2.38. The van der Waals surface area contributed by atoms with Crippen LogP contribution in [0.3, 0.4) is 0 Å². The van der Waals surface area contributed by atoms with Crippen LogP contribution in [0.2, 0.25) is 0 Å². The fraction of sp³-hybridized carbons (Fsp3) is 0.400. The Morgan fingerprint density at radius 3 is 2.82 bits per heavy atom. The summed E-state index contributed by atoms with van der Waals surface area (Å²) >= 11 is 0. The largest absolute Gasteiger partial charge is 0.339 e. The van der Waals surface area contributed by atoms with E-state index in [1.807, 2.05) is 6.07 Å². The minimum atomic E-state index is -0.362. The summed E-state index contributed by atoms with van der Waals surface area (Å²) in [4.78, 5) is 17.3. The van der Waals surface area contributed by atoms with Gasteiger partial charge in [0.1, 0.15) is 17.6 Å². The molecule has 0 bridgehead atoms. The van der Waals surface area contributed by atoms with Gasteiger partial charge in [0, 0.05) is 18.5 Å². The van der Waals surface area contributed by atoms with E-state index in [-0.39, 0.29) is 23.7 Å². The first-order chi connectivity index (χ1) is 13.6. The molecule has 7 nitrogen and oxygen atoms in total. The van der Waals surface area contributed by atoms with Crippen LogP contribution in [-0.4, -0.2) is 25.8 Å². The van der Waals surface area contributed by atoms with E-state index in [9.17, 15) is 9.18 Å². The standard InChI is InChI=1S/C20H20FN5O2/c1-26-16(10-15(24-26)11-5-6-11)19(27)22-17(12-7-8-12)20-23-18(25-28-20)13-3-2-4-14(21)9-13/h2-4,9-12,17H,5-8H2,1H3,(H,22,27)/t17-/m0/s1. The number of benzene rings is 1. The highest BCUT2D eigenvalue weighted by Crippen LogP contribution is 2.41. The predicted molar refractivity (Wildman–Crippen MR) is 97.8 cm³/mol. The van der Waals surface area contributed by atoms with Crippen molar-refractivity contribution in [2.75, 3.05) is 0 Å². The Kier molecular flexibility index (Phi) is 3.99. The Labute approximate surface area is 160 Å². The van der Waals surface area contributed by atoms with Crippen LogP contribution < -0.4 is 5.32 Å². The summed E-state index contributed by atoms with van der Waals surface area (Å²) in [5.74, 6) is 0.839. The average molecular weight is 381 g/mol. The maximum absolute atomic E-state index is 13.5. The number of aromatic nitrogens is 4. The minimum Gasteiger partial charge on any atom is -0.339 e. The van der Waals surface area contributed by atoms with Gasteiger partial charge in [-0.2, -0.15) is 10.1 Å². The first-order valence-electron chi connectivity index (χ1n) is 9.53. The molecule has 1 amide bonds. The van der Waals surface area contributed by atoms with Crippen molar-refractivity contribution < 1.29 is 13.7 Å². The highest BCUT2D eigenvalue weighted by molar-refractivity contribution is 5.93. The summed E-state index contributed by atoms with van der Waals surface area (Å²) in [7, 11) is 1.78. The van der Waals surface area contributed by atoms with Crippen LogP contribution in [0.5, 0.6) is 0 Å². The van der Waals surface area contributed by atoms with E-state index in [1.54, 1.807) is 23.9 Å². The molecule has 2 aromatic heterocycles. The molecular formula is C20H20FN5O2. The van der Waals surface area contributed by atoms with Crippen molar-refractivity contribution in [2.24, 2.45) is 13.0 Å². The van der Waals surface area contributed by atoms with Crippen LogP contribution in [-0.2, 0) is 7.05 Å². The molecule has 3 aromatic rings. The number of aryl methyl sites for hydroxylation is 1. The fourth-order valence-corrected chi connectivity index (χ4v) is 3.41. The lowest BCUT2D eigenvalue weighted by Gasteiger charge is -2.14. The third kappa shape index (κ3) is 3.30. The van der Waals surface area contributed by atoms with Crippen LogP contribution in [0.25, 0.3) is 11.4 Å². The molecule has 0 unspecified atom stereocenters. The van der Waals surface area contributed by atoms with Crippen molar-refractivity contribution in [3.8, 4) is 11.4 Å². The minimum absolute atomic E-state index is 0.204. The second-order valence-corrected chi connectivity index (χ2v) is 7.61. The number of nitrogens with one attached hydrogen (secondary N) is 1. The lowest BCUT2D eigenvalue weighted by atomic mass is 10.1. The van der Waals surface area contributed by atoms with Crippen molar-refractivity contribution in [1.82, 2.24) is 25.2 Å². The zero-order valence-electron chi connectivity index (χ0n) is 15.4. The molecule has 1 aromatic carbocycles. The second kappa shape index (κ2) is 6.54. The van der Waals surface area contributed by atoms with Gasteiger partial charge in [-0.15, -0.1) is 0 Å². The van der Waals surface area contributed by atoms with E-state index >= 15 is 0 Å². The van der Waals surface area contributed by atoms with Crippen molar-refractivity contribution in [2.45, 2.75) is 37.6 Å². The summed E-state index contributed by atoms with van der Waals surface area (Å²) in [6, 6.07) is 7.54. The number of carbonyl (C=O) groups is 1. The number of rotatable bonds is 6. The van der Waals surface area contributed by atoms with Crippen LogP contribution in [0.4, 0.5) is 4.39 Å². The summed E-state index contributed by atoms with van der Waals surface area (Å²) in [6.45, 7) is 0. The molecular weight excluding hydrogens is 361 g/mol. The Balaban J connectivity index is 1.37. The normalized spacial score (nSPS) is 17.5. The van der Waals surface area contributed by atoms with Crippen molar-refractivity contribution >= 4 is 5.91 Å². The summed E-state index contributed by atoms with van der Waals surface area (Å²) in [5.41, 5.74) is 2.04. The van der Waals surface area contributed by atoms with Gasteiger partial charge in [0.25, 0.3) is 5.91 Å². The monoisotopic (exact) mass is 381 g/mol. The summed E-state index contributed by atoms with van der Waals surface area (Å²) in [6.07, 6.45) is 4.24. The lowest BCUT2D eigenvalue weighted by molar-refractivity contribution is 0.0912. The number of nitrogens with zero attached hydrogens (tertiary/aromatic N) is 4. The smallest absolute Gasteiger partial charge is 0.270 e. The molecule has 1 N–H and O–H groups in total. The summed E-state index contributed by atoms with van der Waals surface area (Å²) < 4.78 is 20.5. The molecule has 28 heavy (non-hydrogen) atoms. The molecule has 0 spiro atoms. The molecule has 2 saturated carbocycles. The van der Waals surface area contributed by atoms with Gasteiger partial charge in [-0.05, 0) is 49.8 Å². The maximum Gasteiger partial charge on any atom is 0.270 e. The molecule has 1 atom stereocenters. The number of hydrogen-bond donors (Lipinski definition) is 1. The average Bonchev–Trinajstić information content (AvgIpc) is 3.60. The molecule has 2 fully saturated rings. The fourth-order valence-electron chi connectivity index (χ4n) is 3.41. The molecule has 5 rings (SSSR count). The third-order valence-electron chi connectivity index (χ3n) is 5.30. The van der Waals surface area contributed by atoms with Gasteiger partial charge >= 0.3 is 0 Å². The van der Waals surface area contributed by atoms with Gasteiger partial charge < -0.3 is 9.84 Å². The number of halogens is 1. The quantitative estimate of drug-likeness (QED) is 0.708. The maximum atomic E-state index is 13.5. The lowest BCUT2D eigenvalue weighted by Crippen LogP contribution is -2.31. The number of amides is 1. The van der Waals surface area contributed by atoms with E-state index in [1.165, 1.54) is 12.1 Å². The number of carbonyl (C=O) groups excluding carboxylic acids is 1. The van der Waals surface area contributed by atoms with Crippen LogP contribution in [0.1, 0.15) is 59.7 Å². The van der Waals surface area contributed by atoms with Crippen molar-refractivity contribution in [3.63, 3.8) is 0 Å². The van der Waals surface area contributed by atoms with E-state index in [2.05, 4.69) is 20.6 Å². The molecule has 8 heteroatoms. The third-order valence-corrected chi connectivity index (χ3v) is 5.30. The molecule has 0 saturated heterocycles. The molecule has 2 heterocycles. The van der Waals surface area contributed by atoms with Crippen LogP contribution in [0, 0.1) is 11.7 Å².